The van der Waals surface area contributed by atoms with Crippen molar-refractivity contribution in [2.24, 2.45) is 0 Å². The average Bonchev–Trinajstić information content (AvgIpc) is 2.25. The zero-order chi connectivity index (χ0) is 14.8. The molecule has 1 rings (SSSR count). The maximum atomic E-state index is 13.4. The number of aliphatic hydroxyl groups excluding tert-OH is 1. The quantitative estimate of drug-likeness (QED) is 0.608. The Labute approximate surface area is 107 Å². The number of hydrogen-bond donors (Lipinski definition) is 2. The molecule has 0 fully saturated rings. The third-order valence-corrected chi connectivity index (χ3v) is 3.49. The van der Waals surface area contributed by atoms with Crippen molar-refractivity contribution in [1.82, 2.24) is 4.72 Å². The summed E-state index contributed by atoms with van der Waals surface area (Å²) in [4.78, 5) is 8.25. The van der Waals surface area contributed by atoms with Gasteiger partial charge in [-0.2, -0.15) is 4.39 Å². The van der Waals surface area contributed by atoms with Crippen LogP contribution < -0.4 is 4.72 Å². The third kappa shape index (κ3) is 3.66. The van der Waals surface area contributed by atoms with Crippen LogP contribution in [0.2, 0.25) is 0 Å². The first-order valence-corrected chi connectivity index (χ1v) is 6.44. The van der Waals surface area contributed by atoms with Gasteiger partial charge in [0.25, 0.3) is 0 Å². The van der Waals surface area contributed by atoms with Crippen LogP contribution in [0.25, 0.3) is 0 Å². The highest BCUT2D eigenvalue weighted by molar-refractivity contribution is 7.89. The number of nitrogens with one attached hydrogen (secondary N) is 1. The Morgan fingerprint density at radius 2 is 2.00 bits per heavy atom. The number of halogens is 2. The van der Waals surface area contributed by atoms with Gasteiger partial charge in [0.15, 0.2) is 0 Å². The maximum Gasteiger partial charge on any atom is 0.306 e. The molecule has 0 saturated carbocycles. The van der Waals surface area contributed by atoms with Crippen LogP contribution in [0.3, 0.4) is 0 Å². The smallest absolute Gasteiger partial charge is 0.306 e. The Hall–Kier alpha value is -1.65. The van der Waals surface area contributed by atoms with E-state index >= 15 is 0 Å². The van der Waals surface area contributed by atoms with Crippen molar-refractivity contribution in [2.45, 2.75) is 17.9 Å². The van der Waals surface area contributed by atoms with E-state index in [-0.39, 0.29) is 12.1 Å². The lowest BCUT2D eigenvalue weighted by Gasteiger charge is -2.09. The second-order valence-electron chi connectivity index (χ2n) is 3.69. The van der Waals surface area contributed by atoms with Crippen molar-refractivity contribution >= 4 is 15.7 Å². The van der Waals surface area contributed by atoms with Crippen LogP contribution in [0.1, 0.15) is 6.92 Å². The van der Waals surface area contributed by atoms with Crippen molar-refractivity contribution < 1.29 is 27.2 Å². The van der Waals surface area contributed by atoms with Gasteiger partial charge in [0, 0.05) is 18.7 Å². The molecule has 0 aromatic heterocycles. The predicted molar refractivity (Wildman–Crippen MR) is 59.9 cm³/mol. The fourth-order valence-corrected chi connectivity index (χ4v) is 2.37. The molecular weight excluding hydrogens is 286 g/mol. The molecule has 0 spiro atoms. The summed E-state index contributed by atoms with van der Waals surface area (Å²) in [5.41, 5.74) is -1.15. The van der Waals surface area contributed by atoms with E-state index in [1.54, 1.807) is 0 Å². The first kappa shape index (κ1) is 15.4. The van der Waals surface area contributed by atoms with E-state index in [9.17, 15) is 27.3 Å². The molecule has 0 unspecified atom stereocenters. The van der Waals surface area contributed by atoms with E-state index in [1.807, 2.05) is 4.72 Å². The molecule has 0 bridgehead atoms. The van der Waals surface area contributed by atoms with Crippen LogP contribution in [0.15, 0.2) is 17.0 Å². The maximum absolute atomic E-state index is 13.4. The number of nitro benzene ring substituents is 1. The lowest BCUT2D eigenvalue weighted by atomic mass is 10.3. The van der Waals surface area contributed by atoms with Crippen LogP contribution in [0, 0.1) is 21.7 Å². The summed E-state index contributed by atoms with van der Waals surface area (Å²) in [5, 5.41) is 19.4. The van der Waals surface area contributed by atoms with E-state index in [0.29, 0.717) is 0 Å². The van der Waals surface area contributed by atoms with Gasteiger partial charge in [-0.15, -0.1) is 0 Å². The molecule has 106 valence electrons. The van der Waals surface area contributed by atoms with Crippen molar-refractivity contribution in [3.8, 4) is 0 Å². The van der Waals surface area contributed by atoms with Gasteiger partial charge in [-0.1, -0.05) is 0 Å². The van der Waals surface area contributed by atoms with Crippen molar-refractivity contribution in [3.05, 3.63) is 33.9 Å². The van der Waals surface area contributed by atoms with Gasteiger partial charge < -0.3 is 5.11 Å². The van der Waals surface area contributed by atoms with Gasteiger partial charge in [-0.25, -0.2) is 17.5 Å². The van der Waals surface area contributed by atoms with Crippen LogP contribution in [0.4, 0.5) is 14.5 Å². The van der Waals surface area contributed by atoms with E-state index < -0.39 is 49.8 Å². The SMILES string of the molecule is C[C@@H](O)CNS(=O)(=O)c1cc([N+](=O)[O-])c(F)cc1F. The van der Waals surface area contributed by atoms with E-state index in [2.05, 4.69) is 0 Å². The molecule has 0 saturated heterocycles. The predicted octanol–water partition coefficient (Wildman–Crippen LogP) is 0.532. The minimum atomic E-state index is -4.41. The molecule has 2 N–H and O–H groups in total. The Morgan fingerprint density at radius 3 is 2.47 bits per heavy atom. The number of nitrogens with zero attached hydrogens (tertiary/aromatic N) is 1. The molecule has 0 aliphatic rings. The Morgan fingerprint density at radius 1 is 1.42 bits per heavy atom. The van der Waals surface area contributed by atoms with Crippen LogP contribution >= 0.6 is 0 Å². The summed E-state index contributed by atoms with van der Waals surface area (Å²) < 4.78 is 51.5. The number of nitro groups is 1. The molecule has 7 nitrogen and oxygen atoms in total. The molecule has 0 aliphatic heterocycles. The first-order chi connectivity index (χ1) is 8.65. The van der Waals surface area contributed by atoms with Crippen molar-refractivity contribution in [3.63, 3.8) is 0 Å². The standard InChI is InChI=1S/C9H10F2N2O5S/c1-5(14)4-12-19(17,18)9-3-8(13(15)16)6(10)2-7(9)11/h2-3,5,12,14H,4H2,1H3/t5-/m1/s1. The number of benzene rings is 1. The molecule has 1 atom stereocenters. The highest BCUT2D eigenvalue weighted by Crippen LogP contribution is 2.24. The normalized spacial score (nSPS) is 13.3. The molecule has 0 amide bonds. The van der Waals surface area contributed by atoms with Gasteiger partial charge >= 0.3 is 5.69 Å². The van der Waals surface area contributed by atoms with Crippen molar-refractivity contribution in [1.29, 1.82) is 0 Å². The van der Waals surface area contributed by atoms with E-state index in [1.165, 1.54) is 6.92 Å². The number of aliphatic hydroxyl groups is 1. The molecule has 1 aromatic carbocycles. The average molecular weight is 296 g/mol. The van der Waals surface area contributed by atoms with Gasteiger partial charge in [0.2, 0.25) is 15.8 Å². The zero-order valence-electron chi connectivity index (χ0n) is 9.63. The van der Waals surface area contributed by atoms with Crippen LogP contribution in [-0.4, -0.2) is 31.1 Å². The molecule has 0 aliphatic carbocycles. The molecule has 0 radical (unpaired) electrons. The fourth-order valence-electron chi connectivity index (χ4n) is 1.17. The summed E-state index contributed by atoms with van der Waals surface area (Å²) in [5.74, 6) is -2.93. The molecule has 1 aromatic rings. The van der Waals surface area contributed by atoms with Crippen molar-refractivity contribution in [2.75, 3.05) is 6.54 Å². The van der Waals surface area contributed by atoms with E-state index in [4.69, 9.17) is 5.11 Å². The zero-order valence-corrected chi connectivity index (χ0v) is 10.4. The first-order valence-electron chi connectivity index (χ1n) is 4.96. The van der Waals surface area contributed by atoms with Gasteiger partial charge in [-0.3, -0.25) is 10.1 Å². The molecule has 10 heteroatoms. The monoisotopic (exact) mass is 296 g/mol. The Balaban J connectivity index is 3.27. The molecular formula is C9H10F2N2O5S. The lowest BCUT2D eigenvalue weighted by molar-refractivity contribution is -0.387. The second-order valence-corrected chi connectivity index (χ2v) is 5.43. The largest absolute Gasteiger partial charge is 0.392 e. The minimum absolute atomic E-state index is 0.120. The Bertz CT molecular complexity index is 603. The number of hydrogen-bond acceptors (Lipinski definition) is 5. The van der Waals surface area contributed by atoms with Crippen LogP contribution in [-0.2, 0) is 10.0 Å². The Kier molecular flexibility index (Phi) is 4.50. The van der Waals surface area contributed by atoms with Gasteiger partial charge in [-0.05, 0) is 6.92 Å². The molecule has 0 heterocycles. The topological polar surface area (TPSA) is 110 Å². The number of sulfonamides is 1. The summed E-state index contributed by atoms with van der Waals surface area (Å²) in [6, 6.07) is 0.407. The highest BCUT2D eigenvalue weighted by atomic mass is 32.2. The minimum Gasteiger partial charge on any atom is -0.392 e. The highest BCUT2D eigenvalue weighted by Gasteiger charge is 2.26. The second kappa shape index (κ2) is 5.55. The lowest BCUT2D eigenvalue weighted by Crippen LogP contribution is -2.31. The number of rotatable bonds is 5. The summed E-state index contributed by atoms with van der Waals surface area (Å²) in [6.45, 7) is 0.874. The van der Waals surface area contributed by atoms with E-state index in [0.717, 1.165) is 0 Å². The molecule has 19 heavy (non-hydrogen) atoms. The van der Waals surface area contributed by atoms with Crippen LogP contribution in [0.5, 0.6) is 0 Å². The summed E-state index contributed by atoms with van der Waals surface area (Å²) in [6.07, 6.45) is -1.03. The summed E-state index contributed by atoms with van der Waals surface area (Å²) in [7, 11) is -4.41. The van der Waals surface area contributed by atoms with Gasteiger partial charge in [0.05, 0.1) is 11.0 Å². The third-order valence-electron chi connectivity index (χ3n) is 2.06. The fraction of sp³-hybridized carbons (Fsp3) is 0.333. The summed E-state index contributed by atoms with van der Waals surface area (Å²) >= 11 is 0. The van der Waals surface area contributed by atoms with Gasteiger partial charge in [0.1, 0.15) is 10.7 Å².